The van der Waals surface area contributed by atoms with Gasteiger partial charge >= 0.3 is 5.97 Å². The fraction of sp³-hybridized carbons (Fsp3) is 0.188. The first-order valence-corrected chi connectivity index (χ1v) is 9.57. The van der Waals surface area contributed by atoms with Crippen molar-refractivity contribution in [3.8, 4) is 5.75 Å². The van der Waals surface area contributed by atoms with Gasteiger partial charge < -0.3 is 9.47 Å². The van der Waals surface area contributed by atoms with Gasteiger partial charge in [0, 0.05) is 4.90 Å². The number of carbonyl (C=O) groups is 1. The van der Waals surface area contributed by atoms with E-state index in [1.165, 1.54) is 36.0 Å². The van der Waals surface area contributed by atoms with Crippen molar-refractivity contribution in [2.45, 2.75) is 9.79 Å². The monoisotopic (exact) mass is 367 g/mol. The highest BCUT2D eigenvalue weighted by atomic mass is 32.2. The van der Waals surface area contributed by atoms with Crippen molar-refractivity contribution < 1.29 is 22.7 Å². The first-order chi connectivity index (χ1) is 11.4. The van der Waals surface area contributed by atoms with Gasteiger partial charge in [-0.25, -0.2) is 13.6 Å². The standard InChI is InChI=1S/C16H17NO5S2/c17-24(19,20)15-8-6-13(7-9-15)21-10-11-22-16(18)12-23-14-4-2-1-3-5-14/h1-9H,10-12H2,(H2,17,19,20). The van der Waals surface area contributed by atoms with Gasteiger partial charge in [0.1, 0.15) is 19.0 Å². The number of ether oxygens (including phenoxy) is 2. The van der Waals surface area contributed by atoms with Gasteiger partial charge in [-0.1, -0.05) is 18.2 Å². The summed E-state index contributed by atoms with van der Waals surface area (Å²) in [4.78, 5) is 12.6. The summed E-state index contributed by atoms with van der Waals surface area (Å²) < 4.78 is 32.7. The zero-order valence-electron chi connectivity index (χ0n) is 12.8. The minimum Gasteiger partial charge on any atom is -0.490 e. The maximum atomic E-state index is 11.6. The number of nitrogens with two attached hydrogens (primary N) is 1. The van der Waals surface area contributed by atoms with E-state index in [1.807, 2.05) is 30.3 Å². The Morgan fingerprint density at radius 1 is 1.00 bits per heavy atom. The second-order valence-corrected chi connectivity index (χ2v) is 7.30. The quantitative estimate of drug-likeness (QED) is 0.436. The van der Waals surface area contributed by atoms with Gasteiger partial charge in [-0.15, -0.1) is 11.8 Å². The summed E-state index contributed by atoms with van der Waals surface area (Å²) in [5, 5.41) is 5.00. The van der Waals surface area contributed by atoms with Gasteiger partial charge in [0.05, 0.1) is 10.6 Å². The Bertz CT molecular complexity index is 761. The minimum absolute atomic E-state index is 0.0132. The number of rotatable bonds is 8. The van der Waals surface area contributed by atoms with Crippen molar-refractivity contribution >= 4 is 27.8 Å². The van der Waals surface area contributed by atoms with Crippen LogP contribution < -0.4 is 9.88 Å². The Kier molecular flexibility index (Phi) is 6.65. The van der Waals surface area contributed by atoms with E-state index in [2.05, 4.69) is 0 Å². The van der Waals surface area contributed by atoms with E-state index in [9.17, 15) is 13.2 Å². The van der Waals surface area contributed by atoms with E-state index in [-0.39, 0.29) is 29.8 Å². The molecule has 2 N–H and O–H groups in total. The summed E-state index contributed by atoms with van der Waals surface area (Å²) in [6.45, 7) is 0.293. The van der Waals surface area contributed by atoms with Crippen LogP contribution in [-0.4, -0.2) is 33.4 Å². The first kappa shape index (κ1) is 18.3. The topological polar surface area (TPSA) is 95.7 Å². The van der Waals surface area contributed by atoms with Crippen LogP contribution in [0.1, 0.15) is 0 Å². The van der Waals surface area contributed by atoms with Gasteiger partial charge in [0.25, 0.3) is 0 Å². The average Bonchev–Trinajstić information content (AvgIpc) is 2.57. The van der Waals surface area contributed by atoms with Crippen molar-refractivity contribution in [2.75, 3.05) is 19.0 Å². The number of esters is 1. The molecule has 0 aliphatic heterocycles. The smallest absolute Gasteiger partial charge is 0.316 e. The van der Waals surface area contributed by atoms with Crippen LogP contribution in [-0.2, 0) is 19.6 Å². The molecule has 0 aliphatic carbocycles. The summed E-state index contributed by atoms with van der Waals surface area (Å²) in [5.74, 6) is 0.377. The largest absolute Gasteiger partial charge is 0.490 e. The molecule has 2 aromatic rings. The Hall–Kier alpha value is -2.03. The molecule has 0 unspecified atom stereocenters. The molecule has 0 saturated heterocycles. The molecule has 24 heavy (non-hydrogen) atoms. The number of thioether (sulfide) groups is 1. The summed E-state index contributed by atoms with van der Waals surface area (Å²) in [5.41, 5.74) is 0. The van der Waals surface area contributed by atoms with Crippen molar-refractivity contribution in [1.82, 2.24) is 0 Å². The average molecular weight is 367 g/mol. The van der Waals surface area contributed by atoms with E-state index < -0.39 is 10.0 Å². The third-order valence-electron chi connectivity index (χ3n) is 2.87. The molecule has 128 valence electrons. The molecule has 0 bridgehead atoms. The molecule has 0 spiro atoms. The van der Waals surface area contributed by atoms with Crippen LogP contribution in [0, 0.1) is 0 Å². The number of benzene rings is 2. The Morgan fingerprint density at radius 3 is 2.29 bits per heavy atom. The lowest BCUT2D eigenvalue weighted by molar-refractivity contribution is -0.141. The molecule has 0 fully saturated rings. The van der Waals surface area contributed by atoms with E-state index in [4.69, 9.17) is 14.6 Å². The van der Waals surface area contributed by atoms with Crippen molar-refractivity contribution in [3.05, 3.63) is 54.6 Å². The van der Waals surface area contributed by atoms with Crippen LogP contribution >= 0.6 is 11.8 Å². The third kappa shape index (κ3) is 6.23. The molecule has 6 nitrogen and oxygen atoms in total. The fourth-order valence-corrected chi connectivity index (χ4v) is 2.97. The van der Waals surface area contributed by atoms with Gasteiger partial charge in [-0.05, 0) is 36.4 Å². The molecule has 2 aromatic carbocycles. The molecule has 8 heteroatoms. The predicted octanol–water partition coefficient (Wildman–Crippen LogP) is 2.05. The van der Waals surface area contributed by atoms with Crippen LogP contribution in [0.3, 0.4) is 0 Å². The molecule has 0 aromatic heterocycles. The fourth-order valence-electron chi connectivity index (χ4n) is 1.74. The number of hydrogen-bond acceptors (Lipinski definition) is 6. The molecular formula is C16H17NO5S2. The zero-order chi connectivity index (χ0) is 17.4. The molecule has 0 heterocycles. The number of sulfonamides is 1. The third-order valence-corrected chi connectivity index (χ3v) is 4.78. The molecule has 0 radical (unpaired) electrons. The van der Waals surface area contributed by atoms with Gasteiger partial charge in [0.15, 0.2) is 0 Å². The second kappa shape index (κ2) is 8.72. The summed E-state index contributed by atoms with van der Waals surface area (Å²) >= 11 is 1.40. The van der Waals surface area contributed by atoms with Gasteiger partial charge in [0.2, 0.25) is 10.0 Å². The molecular weight excluding hydrogens is 350 g/mol. The van der Waals surface area contributed by atoms with Crippen LogP contribution in [0.5, 0.6) is 5.75 Å². The van der Waals surface area contributed by atoms with Crippen molar-refractivity contribution in [2.24, 2.45) is 5.14 Å². The lowest BCUT2D eigenvalue weighted by Crippen LogP contribution is -2.14. The number of primary sulfonamides is 1. The van der Waals surface area contributed by atoms with E-state index >= 15 is 0 Å². The Morgan fingerprint density at radius 2 is 1.67 bits per heavy atom. The van der Waals surface area contributed by atoms with Crippen molar-refractivity contribution in [3.63, 3.8) is 0 Å². The van der Waals surface area contributed by atoms with Crippen LogP contribution in [0.15, 0.2) is 64.4 Å². The lowest BCUT2D eigenvalue weighted by Gasteiger charge is -2.08. The maximum Gasteiger partial charge on any atom is 0.316 e. The molecule has 0 atom stereocenters. The SMILES string of the molecule is NS(=O)(=O)c1ccc(OCCOC(=O)CSc2ccccc2)cc1. The molecule has 0 amide bonds. The van der Waals surface area contributed by atoms with E-state index in [0.29, 0.717) is 5.75 Å². The number of carbonyl (C=O) groups excluding carboxylic acids is 1. The minimum atomic E-state index is -3.71. The van der Waals surface area contributed by atoms with Crippen LogP contribution in [0.4, 0.5) is 0 Å². The highest BCUT2D eigenvalue weighted by Gasteiger charge is 2.07. The zero-order valence-corrected chi connectivity index (χ0v) is 14.4. The summed E-state index contributed by atoms with van der Waals surface area (Å²) in [6, 6.07) is 15.3. The molecule has 2 rings (SSSR count). The normalized spacial score (nSPS) is 11.0. The predicted molar refractivity (Wildman–Crippen MR) is 91.4 cm³/mol. The molecule has 0 aliphatic rings. The van der Waals surface area contributed by atoms with Crippen LogP contribution in [0.2, 0.25) is 0 Å². The summed E-state index contributed by atoms with van der Waals surface area (Å²) in [7, 11) is -3.71. The van der Waals surface area contributed by atoms with E-state index in [0.717, 1.165) is 4.90 Å². The Balaban J connectivity index is 1.66. The van der Waals surface area contributed by atoms with Crippen molar-refractivity contribution in [1.29, 1.82) is 0 Å². The maximum absolute atomic E-state index is 11.6. The highest BCUT2D eigenvalue weighted by Crippen LogP contribution is 2.17. The van der Waals surface area contributed by atoms with Gasteiger partial charge in [-0.2, -0.15) is 0 Å². The van der Waals surface area contributed by atoms with E-state index in [1.54, 1.807) is 0 Å². The molecule has 0 saturated carbocycles. The summed E-state index contributed by atoms with van der Waals surface area (Å²) in [6.07, 6.45) is 0. The highest BCUT2D eigenvalue weighted by molar-refractivity contribution is 8.00. The van der Waals surface area contributed by atoms with Crippen LogP contribution in [0.25, 0.3) is 0 Å². The lowest BCUT2D eigenvalue weighted by atomic mass is 10.3. The Labute approximate surface area is 145 Å². The van der Waals surface area contributed by atoms with Gasteiger partial charge in [-0.3, -0.25) is 4.79 Å². The second-order valence-electron chi connectivity index (χ2n) is 4.69. The number of hydrogen-bond donors (Lipinski definition) is 1. The first-order valence-electron chi connectivity index (χ1n) is 7.04.